The van der Waals surface area contributed by atoms with Gasteiger partial charge >= 0.3 is 0 Å². The predicted molar refractivity (Wildman–Crippen MR) is 131 cm³/mol. The number of amides is 1. The van der Waals surface area contributed by atoms with Crippen molar-refractivity contribution in [2.75, 3.05) is 5.32 Å². The summed E-state index contributed by atoms with van der Waals surface area (Å²) in [5, 5.41) is 11.8. The number of nitrogens with zero attached hydrogens (tertiary/aromatic N) is 3. The van der Waals surface area contributed by atoms with Crippen LogP contribution in [0, 0.1) is 27.7 Å². The average molecular weight is 467 g/mol. The number of rotatable bonds is 7. The van der Waals surface area contributed by atoms with Crippen LogP contribution in [0.25, 0.3) is 11.3 Å². The molecule has 0 radical (unpaired) electrons. The van der Waals surface area contributed by atoms with Gasteiger partial charge in [0.2, 0.25) is 0 Å². The van der Waals surface area contributed by atoms with Gasteiger partial charge < -0.3 is 4.74 Å². The van der Waals surface area contributed by atoms with E-state index in [-0.39, 0.29) is 5.91 Å². The van der Waals surface area contributed by atoms with Crippen LogP contribution >= 0.6 is 22.7 Å². The molecule has 0 saturated heterocycles. The molecule has 1 N–H and O–H groups in total. The van der Waals surface area contributed by atoms with Gasteiger partial charge in [-0.15, -0.1) is 22.7 Å². The van der Waals surface area contributed by atoms with Crippen LogP contribution in [-0.4, -0.2) is 20.7 Å². The Hall–Kier alpha value is -2.97. The molecule has 0 saturated carbocycles. The maximum atomic E-state index is 12.7. The van der Waals surface area contributed by atoms with E-state index in [1.807, 2.05) is 40.7 Å². The summed E-state index contributed by atoms with van der Waals surface area (Å²) in [6, 6.07) is 6.08. The van der Waals surface area contributed by atoms with Gasteiger partial charge in [0.05, 0.1) is 16.8 Å². The van der Waals surface area contributed by atoms with E-state index in [0.717, 1.165) is 40.4 Å². The molecule has 0 spiro atoms. The molecule has 0 unspecified atom stereocenters. The Labute approximate surface area is 195 Å². The highest BCUT2D eigenvalue weighted by Crippen LogP contribution is 2.28. The fraction of sp³-hybridized carbons (Fsp3) is 0.292. The summed E-state index contributed by atoms with van der Waals surface area (Å²) in [6.07, 6.45) is 1.82. The fourth-order valence-corrected chi connectivity index (χ4v) is 5.01. The number of carbonyl (C=O) groups is 1. The van der Waals surface area contributed by atoms with Crippen LogP contribution in [0.3, 0.4) is 0 Å². The van der Waals surface area contributed by atoms with Crippen molar-refractivity contribution in [3.05, 3.63) is 68.0 Å². The molecule has 0 aliphatic heterocycles. The molecule has 0 aliphatic rings. The Morgan fingerprint density at radius 1 is 1.12 bits per heavy atom. The van der Waals surface area contributed by atoms with E-state index in [4.69, 9.17) is 4.74 Å². The quantitative estimate of drug-likeness (QED) is 0.354. The fourth-order valence-electron chi connectivity index (χ4n) is 3.51. The Morgan fingerprint density at radius 2 is 1.94 bits per heavy atom. The molecule has 8 heteroatoms. The number of hydrogen-bond donors (Lipinski definition) is 1. The molecule has 6 nitrogen and oxygen atoms in total. The smallest absolute Gasteiger partial charge is 0.267 e. The summed E-state index contributed by atoms with van der Waals surface area (Å²) in [6.45, 7) is 11.5. The zero-order valence-corrected chi connectivity index (χ0v) is 20.5. The summed E-state index contributed by atoms with van der Waals surface area (Å²) in [5.74, 6) is 0.724. The van der Waals surface area contributed by atoms with E-state index >= 15 is 0 Å². The lowest BCUT2D eigenvalue weighted by Crippen LogP contribution is -2.10. The van der Waals surface area contributed by atoms with Gasteiger partial charge in [-0.25, -0.2) is 4.98 Å². The summed E-state index contributed by atoms with van der Waals surface area (Å²) in [5.41, 5.74) is 7.38. The van der Waals surface area contributed by atoms with Crippen molar-refractivity contribution in [2.24, 2.45) is 0 Å². The summed E-state index contributed by atoms with van der Waals surface area (Å²) >= 11 is 2.82. The standard InChI is InChI=1S/C24H26N4O2S2/c1-6-28-17(5)19(10-25-28)20-13-32-24(26-20)27-23(29)22-9-18(12-31-22)11-30-21-8-14(2)7-15(3)16(21)4/h7-10,12-13H,6,11H2,1-5H3,(H,26,27,29). The molecule has 0 aliphatic carbocycles. The molecule has 0 atom stereocenters. The van der Waals surface area contributed by atoms with Crippen LogP contribution in [0.1, 0.15) is 44.5 Å². The molecule has 0 fully saturated rings. The first-order chi connectivity index (χ1) is 15.4. The van der Waals surface area contributed by atoms with Gasteiger partial charge in [0, 0.05) is 28.7 Å². The van der Waals surface area contributed by atoms with Crippen LogP contribution in [0.4, 0.5) is 5.13 Å². The second-order valence-corrected chi connectivity index (χ2v) is 9.53. The first kappa shape index (κ1) is 22.2. The van der Waals surface area contributed by atoms with Gasteiger partial charge in [-0.05, 0) is 68.8 Å². The molecule has 4 rings (SSSR count). The maximum absolute atomic E-state index is 12.7. The molecule has 3 aromatic heterocycles. The molecular weight excluding hydrogens is 440 g/mol. The van der Waals surface area contributed by atoms with Crippen molar-refractivity contribution in [3.8, 4) is 17.0 Å². The Kier molecular flexibility index (Phi) is 6.43. The van der Waals surface area contributed by atoms with Gasteiger partial charge in [-0.2, -0.15) is 5.10 Å². The number of ether oxygens (including phenoxy) is 1. The highest BCUT2D eigenvalue weighted by molar-refractivity contribution is 7.14. The van der Waals surface area contributed by atoms with E-state index in [1.165, 1.54) is 33.8 Å². The molecule has 3 heterocycles. The van der Waals surface area contributed by atoms with Crippen molar-refractivity contribution in [3.63, 3.8) is 0 Å². The minimum absolute atomic E-state index is 0.161. The van der Waals surface area contributed by atoms with Crippen LogP contribution in [0.2, 0.25) is 0 Å². The van der Waals surface area contributed by atoms with Crippen molar-refractivity contribution in [1.82, 2.24) is 14.8 Å². The van der Waals surface area contributed by atoms with Gasteiger partial charge in [0.1, 0.15) is 12.4 Å². The third kappa shape index (κ3) is 4.61. The first-order valence-corrected chi connectivity index (χ1v) is 12.2. The highest BCUT2D eigenvalue weighted by atomic mass is 32.1. The lowest BCUT2D eigenvalue weighted by atomic mass is 10.1. The minimum Gasteiger partial charge on any atom is -0.489 e. The highest BCUT2D eigenvalue weighted by Gasteiger charge is 2.15. The van der Waals surface area contributed by atoms with E-state index in [9.17, 15) is 4.79 Å². The van der Waals surface area contributed by atoms with Crippen LogP contribution in [-0.2, 0) is 13.2 Å². The van der Waals surface area contributed by atoms with Crippen LogP contribution < -0.4 is 10.1 Å². The van der Waals surface area contributed by atoms with Gasteiger partial charge in [-0.1, -0.05) is 6.07 Å². The summed E-state index contributed by atoms with van der Waals surface area (Å²) in [7, 11) is 0. The number of hydrogen-bond acceptors (Lipinski definition) is 6. The Bertz CT molecular complexity index is 1270. The number of carbonyl (C=O) groups excluding carboxylic acids is 1. The van der Waals surface area contributed by atoms with Crippen LogP contribution in [0.15, 0.2) is 35.2 Å². The van der Waals surface area contributed by atoms with Gasteiger partial charge in [0.25, 0.3) is 5.91 Å². The number of thiazole rings is 1. The maximum Gasteiger partial charge on any atom is 0.267 e. The number of nitrogens with one attached hydrogen (secondary N) is 1. The molecule has 1 aromatic carbocycles. The second-order valence-electron chi connectivity index (χ2n) is 7.76. The SMILES string of the molecule is CCn1ncc(-c2csc(NC(=O)c3cc(COc4cc(C)cc(C)c4C)cs3)n2)c1C. The third-order valence-corrected chi connectivity index (χ3v) is 7.17. The van der Waals surface area contributed by atoms with E-state index < -0.39 is 0 Å². The monoisotopic (exact) mass is 466 g/mol. The topological polar surface area (TPSA) is 69.0 Å². The van der Waals surface area contributed by atoms with E-state index in [1.54, 1.807) is 0 Å². The van der Waals surface area contributed by atoms with Gasteiger partial charge in [-0.3, -0.25) is 14.8 Å². The largest absolute Gasteiger partial charge is 0.489 e. The normalized spacial score (nSPS) is 11.0. The molecule has 1 amide bonds. The number of anilines is 1. The number of aryl methyl sites for hydroxylation is 3. The predicted octanol–water partition coefficient (Wildman–Crippen LogP) is 6.15. The number of thiophene rings is 1. The summed E-state index contributed by atoms with van der Waals surface area (Å²) in [4.78, 5) is 17.9. The minimum atomic E-state index is -0.161. The second kappa shape index (κ2) is 9.26. The molecule has 166 valence electrons. The number of aromatic nitrogens is 3. The lowest BCUT2D eigenvalue weighted by Gasteiger charge is -2.11. The average Bonchev–Trinajstić information content (AvgIpc) is 3.49. The zero-order chi connectivity index (χ0) is 22.8. The summed E-state index contributed by atoms with van der Waals surface area (Å²) < 4.78 is 7.96. The molecule has 4 aromatic rings. The van der Waals surface area contributed by atoms with Crippen molar-refractivity contribution < 1.29 is 9.53 Å². The van der Waals surface area contributed by atoms with Crippen molar-refractivity contribution in [1.29, 1.82) is 0 Å². The van der Waals surface area contributed by atoms with Gasteiger partial charge in [0.15, 0.2) is 5.13 Å². The molecule has 32 heavy (non-hydrogen) atoms. The molecular formula is C24H26N4O2S2. The zero-order valence-electron chi connectivity index (χ0n) is 18.9. The molecule has 0 bridgehead atoms. The van der Waals surface area contributed by atoms with E-state index in [2.05, 4.69) is 49.2 Å². The van der Waals surface area contributed by atoms with Crippen molar-refractivity contribution in [2.45, 2.75) is 47.8 Å². The lowest BCUT2D eigenvalue weighted by molar-refractivity contribution is 0.103. The Morgan fingerprint density at radius 3 is 2.69 bits per heavy atom. The van der Waals surface area contributed by atoms with Crippen molar-refractivity contribution >= 4 is 33.7 Å². The van der Waals surface area contributed by atoms with Crippen LogP contribution in [0.5, 0.6) is 5.75 Å². The first-order valence-electron chi connectivity index (χ1n) is 10.4. The number of benzene rings is 1. The third-order valence-electron chi connectivity index (χ3n) is 5.44. The van der Waals surface area contributed by atoms with E-state index in [0.29, 0.717) is 16.6 Å². The Balaban J connectivity index is 1.40.